The first-order chi connectivity index (χ1) is 12.5. The highest BCUT2D eigenvalue weighted by atomic mass is 35.5. The molecule has 0 aliphatic rings. The predicted octanol–water partition coefficient (Wildman–Crippen LogP) is 3.78. The summed E-state index contributed by atoms with van der Waals surface area (Å²) < 4.78 is 34.4. The lowest BCUT2D eigenvalue weighted by Crippen LogP contribution is -2.13. The highest BCUT2D eigenvalue weighted by Gasteiger charge is 2.15. The van der Waals surface area contributed by atoms with E-state index in [0.717, 1.165) is 5.56 Å². The van der Waals surface area contributed by atoms with E-state index < -0.39 is 10.0 Å². The summed E-state index contributed by atoms with van der Waals surface area (Å²) in [6.45, 7) is 2.91. The van der Waals surface area contributed by atoms with Gasteiger partial charge in [0.2, 0.25) is 0 Å². The van der Waals surface area contributed by atoms with Crippen molar-refractivity contribution in [2.45, 2.75) is 18.4 Å². The average Bonchev–Trinajstić information content (AvgIpc) is 3.04. The highest BCUT2D eigenvalue weighted by Crippen LogP contribution is 2.19. The summed E-state index contributed by atoms with van der Waals surface area (Å²) in [7, 11) is -3.71. The van der Waals surface area contributed by atoms with Crippen LogP contribution in [0.2, 0.25) is 5.02 Å². The molecule has 1 aromatic heterocycles. The number of nitrogens with one attached hydrogen (secondary N) is 1. The summed E-state index contributed by atoms with van der Waals surface area (Å²) in [4.78, 5) is 0.146. The number of hydrogen-bond acceptors (Lipinski definition) is 4. The molecule has 2 aromatic carbocycles. The molecule has 0 aliphatic carbocycles. The van der Waals surface area contributed by atoms with E-state index >= 15 is 0 Å². The number of rotatable bonds is 7. The third-order valence-electron chi connectivity index (χ3n) is 3.58. The molecule has 0 amide bonds. The van der Waals surface area contributed by atoms with Crippen LogP contribution in [-0.2, 0) is 16.6 Å². The van der Waals surface area contributed by atoms with Crippen molar-refractivity contribution < 1.29 is 13.2 Å². The summed E-state index contributed by atoms with van der Waals surface area (Å²) in [5.74, 6) is 0.881. The fraction of sp³-hybridized carbons (Fsp3) is 0.167. The molecule has 8 heteroatoms. The van der Waals surface area contributed by atoms with Crippen molar-refractivity contribution in [2.75, 3.05) is 11.3 Å². The monoisotopic (exact) mass is 391 g/mol. The Kier molecular flexibility index (Phi) is 5.49. The molecule has 0 bridgehead atoms. The first-order valence-electron chi connectivity index (χ1n) is 8.00. The molecule has 0 spiro atoms. The molecule has 6 nitrogen and oxygen atoms in total. The van der Waals surface area contributed by atoms with Crippen molar-refractivity contribution in [3.8, 4) is 5.75 Å². The zero-order chi connectivity index (χ0) is 18.6. The smallest absolute Gasteiger partial charge is 0.263 e. The number of anilines is 1. The fourth-order valence-electron chi connectivity index (χ4n) is 2.36. The zero-order valence-electron chi connectivity index (χ0n) is 14.1. The van der Waals surface area contributed by atoms with Gasteiger partial charge in [-0.1, -0.05) is 23.7 Å². The molecule has 0 saturated carbocycles. The van der Waals surface area contributed by atoms with Crippen molar-refractivity contribution in [1.82, 2.24) is 9.78 Å². The normalized spacial score (nSPS) is 11.3. The van der Waals surface area contributed by atoms with Gasteiger partial charge in [0.15, 0.2) is 5.82 Å². The molecular weight excluding hydrogens is 374 g/mol. The Morgan fingerprint density at radius 1 is 1.08 bits per heavy atom. The van der Waals surface area contributed by atoms with Crippen LogP contribution in [0.15, 0.2) is 65.7 Å². The van der Waals surface area contributed by atoms with Crippen molar-refractivity contribution in [1.29, 1.82) is 0 Å². The van der Waals surface area contributed by atoms with Crippen molar-refractivity contribution in [3.05, 3.63) is 71.4 Å². The largest absolute Gasteiger partial charge is 0.494 e. The first-order valence-corrected chi connectivity index (χ1v) is 9.86. The second-order valence-corrected chi connectivity index (χ2v) is 7.65. The molecule has 0 unspecified atom stereocenters. The van der Waals surface area contributed by atoms with Crippen LogP contribution in [0.4, 0.5) is 5.82 Å². The van der Waals surface area contributed by atoms with E-state index in [2.05, 4.69) is 9.82 Å². The van der Waals surface area contributed by atoms with Crippen LogP contribution in [-0.4, -0.2) is 24.8 Å². The molecule has 0 fully saturated rings. The van der Waals surface area contributed by atoms with Gasteiger partial charge in [-0.15, -0.1) is 0 Å². The molecule has 26 heavy (non-hydrogen) atoms. The molecule has 136 valence electrons. The lowest BCUT2D eigenvalue weighted by atomic mass is 10.2. The van der Waals surface area contributed by atoms with E-state index in [4.69, 9.17) is 16.3 Å². The van der Waals surface area contributed by atoms with Crippen LogP contribution in [0.25, 0.3) is 0 Å². The molecule has 1 heterocycles. The van der Waals surface area contributed by atoms with Gasteiger partial charge in [0, 0.05) is 17.3 Å². The Morgan fingerprint density at radius 3 is 2.42 bits per heavy atom. The maximum atomic E-state index is 12.5. The summed E-state index contributed by atoms with van der Waals surface area (Å²) in [6, 6.07) is 15.2. The van der Waals surface area contributed by atoms with E-state index in [1.807, 2.05) is 19.1 Å². The second kappa shape index (κ2) is 7.80. The first kappa shape index (κ1) is 18.3. The lowest BCUT2D eigenvalue weighted by molar-refractivity contribution is 0.340. The van der Waals surface area contributed by atoms with Crippen molar-refractivity contribution in [3.63, 3.8) is 0 Å². The standard InChI is InChI=1S/C18H18ClN3O3S/c1-2-25-16-7-9-17(10-8-16)26(23,24)21-18-11-12-22(20-18)13-14-3-5-15(19)6-4-14/h3-12H,2,13H2,1H3,(H,20,21). The van der Waals surface area contributed by atoms with E-state index in [1.165, 1.54) is 12.1 Å². The number of nitrogens with zero attached hydrogens (tertiary/aromatic N) is 2. The van der Waals surface area contributed by atoms with Crippen LogP contribution < -0.4 is 9.46 Å². The maximum absolute atomic E-state index is 12.5. The zero-order valence-corrected chi connectivity index (χ0v) is 15.7. The number of ether oxygens (including phenoxy) is 1. The molecule has 1 N–H and O–H groups in total. The number of benzene rings is 2. The predicted molar refractivity (Wildman–Crippen MR) is 101 cm³/mol. The molecule has 0 atom stereocenters. The molecule has 0 radical (unpaired) electrons. The van der Waals surface area contributed by atoms with Gasteiger partial charge in [-0.2, -0.15) is 5.10 Å². The van der Waals surface area contributed by atoms with Gasteiger partial charge in [-0.25, -0.2) is 8.42 Å². The summed E-state index contributed by atoms with van der Waals surface area (Å²) >= 11 is 5.87. The minimum Gasteiger partial charge on any atom is -0.494 e. The minimum absolute atomic E-state index is 0.146. The summed E-state index contributed by atoms with van der Waals surface area (Å²) in [5.41, 5.74) is 1.01. The van der Waals surface area contributed by atoms with Gasteiger partial charge in [0.25, 0.3) is 10.0 Å². The average molecular weight is 392 g/mol. The van der Waals surface area contributed by atoms with E-state index in [9.17, 15) is 8.42 Å². The Hall–Kier alpha value is -2.51. The molecule has 0 aliphatic heterocycles. The van der Waals surface area contributed by atoms with Crippen LogP contribution in [0, 0.1) is 0 Å². The van der Waals surface area contributed by atoms with Crippen molar-refractivity contribution in [2.24, 2.45) is 0 Å². The molecule has 3 aromatic rings. The fourth-order valence-corrected chi connectivity index (χ4v) is 3.48. The van der Waals surface area contributed by atoms with E-state index in [0.29, 0.717) is 23.9 Å². The number of hydrogen-bond donors (Lipinski definition) is 1. The molecular formula is C18H18ClN3O3S. The summed E-state index contributed by atoms with van der Waals surface area (Å²) in [6.07, 6.45) is 1.71. The van der Waals surface area contributed by atoms with Gasteiger partial charge < -0.3 is 4.74 Å². The summed E-state index contributed by atoms with van der Waals surface area (Å²) in [5, 5.41) is 4.92. The molecule has 0 saturated heterocycles. The Balaban J connectivity index is 1.70. The topological polar surface area (TPSA) is 73.2 Å². The maximum Gasteiger partial charge on any atom is 0.263 e. The van der Waals surface area contributed by atoms with Gasteiger partial charge in [-0.3, -0.25) is 9.40 Å². The highest BCUT2D eigenvalue weighted by molar-refractivity contribution is 7.92. The van der Waals surface area contributed by atoms with Crippen LogP contribution in [0.5, 0.6) is 5.75 Å². The Morgan fingerprint density at radius 2 is 1.77 bits per heavy atom. The van der Waals surface area contributed by atoms with Crippen LogP contribution >= 0.6 is 11.6 Å². The second-order valence-electron chi connectivity index (χ2n) is 5.53. The van der Waals surface area contributed by atoms with Crippen molar-refractivity contribution >= 4 is 27.4 Å². The van der Waals surface area contributed by atoms with Gasteiger partial charge in [0.1, 0.15) is 5.75 Å². The lowest BCUT2D eigenvalue weighted by Gasteiger charge is -2.07. The van der Waals surface area contributed by atoms with Gasteiger partial charge in [-0.05, 0) is 48.9 Å². The SMILES string of the molecule is CCOc1ccc(S(=O)(=O)Nc2ccn(Cc3ccc(Cl)cc3)n2)cc1. The Bertz CT molecular complexity index is 968. The van der Waals surface area contributed by atoms with E-state index in [1.54, 1.807) is 41.2 Å². The third kappa shape index (κ3) is 4.56. The third-order valence-corrected chi connectivity index (χ3v) is 5.21. The number of sulfonamides is 1. The van der Waals surface area contributed by atoms with Gasteiger partial charge in [0.05, 0.1) is 18.0 Å². The number of aromatic nitrogens is 2. The minimum atomic E-state index is -3.71. The van der Waals surface area contributed by atoms with Gasteiger partial charge >= 0.3 is 0 Å². The Labute approximate surface area is 157 Å². The van der Waals surface area contributed by atoms with Crippen LogP contribution in [0.1, 0.15) is 12.5 Å². The molecule has 3 rings (SSSR count). The van der Waals surface area contributed by atoms with Crippen LogP contribution in [0.3, 0.4) is 0 Å². The van der Waals surface area contributed by atoms with E-state index in [-0.39, 0.29) is 10.7 Å². The number of halogens is 1. The quantitative estimate of drug-likeness (QED) is 0.665.